The van der Waals surface area contributed by atoms with E-state index in [-0.39, 0.29) is 23.4 Å². The van der Waals surface area contributed by atoms with Gasteiger partial charge in [0, 0.05) is 27.7 Å². The zero-order valence-electron chi connectivity index (χ0n) is 15.5. The summed E-state index contributed by atoms with van der Waals surface area (Å²) >= 11 is 18.9. The van der Waals surface area contributed by atoms with Crippen LogP contribution in [0.15, 0.2) is 42.5 Å². The largest absolute Gasteiger partial charge is 0.384 e. The topological polar surface area (TPSA) is 96.8 Å². The van der Waals surface area contributed by atoms with Crippen LogP contribution in [0.25, 0.3) is 0 Å². The van der Waals surface area contributed by atoms with E-state index in [1.807, 2.05) is 0 Å². The van der Waals surface area contributed by atoms with Crippen LogP contribution in [0.4, 0.5) is 0 Å². The molecule has 0 fully saturated rings. The van der Waals surface area contributed by atoms with Gasteiger partial charge in [0.05, 0.1) is 17.8 Å². The van der Waals surface area contributed by atoms with Crippen LogP contribution in [-0.4, -0.2) is 21.5 Å². The van der Waals surface area contributed by atoms with Gasteiger partial charge in [0.2, 0.25) is 0 Å². The number of nitrogens with one attached hydrogen (secondary N) is 2. The predicted octanol–water partition coefficient (Wildman–Crippen LogP) is 4.41. The molecule has 0 aliphatic rings. The number of amides is 1. The van der Waals surface area contributed by atoms with Gasteiger partial charge >= 0.3 is 0 Å². The Hall–Kier alpha value is -2.54. The van der Waals surface area contributed by atoms with Gasteiger partial charge in [-0.1, -0.05) is 65.1 Å². The van der Waals surface area contributed by atoms with E-state index >= 15 is 0 Å². The van der Waals surface area contributed by atoms with Gasteiger partial charge in [-0.2, -0.15) is 5.10 Å². The Balaban J connectivity index is 1.75. The molecule has 4 N–H and O–H groups in total. The van der Waals surface area contributed by atoms with Gasteiger partial charge in [-0.25, -0.2) is 4.68 Å². The van der Waals surface area contributed by atoms with Crippen molar-refractivity contribution < 1.29 is 4.79 Å². The van der Waals surface area contributed by atoms with E-state index in [9.17, 15) is 4.79 Å². The fourth-order valence-electron chi connectivity index (χ4n) is 2.82. The third kappa shape index (κ3) is 4.72. The highest BCUT2D eigenvalue weighted by Gasteiger charge is 2.21. The molecule has 150 valence electrons. The van der Waals surface area contributed by atoms with E-state index in [0.717, 1.165) is 5.56 Å². The SMILES string of the molecule is Cc1nn(Cc2c(Cl)cccc2Cl)c(Cl)c1C(=O)NCc1ccc(C(=N)N)cc1. The highest BCUT2D eigenvalue weighted by atomic mass is 35.5. The van der Waals surface area contributed by atoms with Gasteiger partial charge in [-0.05, 0) is 24.6 Å². The van der Waals surface area contributed by atoms with E-state index in [1.54, 1.807) is 49.4 Å². The first-order valence-electron chi connectivity index (χ1n) is 8.65. The number of aryl methyl sites for hydroxylation is 1. The Labute approximate surface area is 183 Å². The van der Waals surface area contributed by atoms with Crippen molar-refractivity contribution in [3.63, 3.8) is 0 Å². The minimum atomic E-state index is -0.334. The van der Waals surface area contributed by atoms with E-state index in [0.29, 0.717) is 39.0 Å². The number of nitrogens with zero attached hydrogens (tertiary/aromatic N) is 2. The zero-order valence-corrected chi connectivity index (χ0v) is 17.7. The fraction of sp³-hybridized carbons (Fsp3) is 0.150. The molecule has 3 aromatic rings. The minimum Gasteiger partial charge on any atom is -0.384 e. The molecule has 0 aliphatic carbocycles. The molecule has 2 aromatic carbocycles. The van der Waals surface area contributed by atoms with Crippen LogP contribution in [0.3, 0.4) is 0 Å². The number of rotatable bonds is 6. The Morgan fingerprint density at radius 2 is 1.76 bits per heavy atom. The molecule has 9 heteroatoms. The molecular weight excluding hydrogens is 433 g/mol. The summed E-state index contributed by atoms with van der Waals surface area (Å²) in [5.41, 5.74) is 8.42. The molecule has 0 bridgehead atoms. The smallest absolute Gasteiger partial charge is 0.256 e. The number of hydrogen-bond donors (Lipinski definition) is 3. The second-order valence-electron chi connectivity index (χ2n) is 6.40. The molecule has 29 heavy (non-hydrogen) atoms. The molecule has 0 saturated heterocycles. The zero-order chi connectivity index (χ0) is 21.1. The third-order valence-corrected chi connectivity index (χ3v) is 5.47. The lowest BCUT2D eigenvalue weighted by molar-refractivity contribution is 0.0950. The number of halogens is 3. The standard InChI is InChI=1S/C20H18Cl3N5O/c1-11-17(20(29)26-9-12-5-7-13(8-6-12)19(24)25)18(23)28(27-11)10-14-15(21)3-2-4-16(14)22/h2-8H,9-10H2,1H3,(H3,24,25)(H,26,29). The second kappa shape index (κ2) is 8.86. The van der Waals surface area contributed by atoms with Crippen molar-refractivity contribution in [2.75, 3.05) is 0 Å². The molecular formula is C20H18Cl3N5O. The Bertz CT molecular complexity index is 1060. The first-order chi connectivity index (χ1) is 13.8. The molecule has 0 saturated carbocycles. The molecule has 0 aliphatic heterocycles. The Kier molecular flexibility index (Phi) is 6.47. The molecule has 0 atom stereocenters. The maximum atomic E-state index is 12.7. The van der Waals surface area contributed by atoms with Gasteiger partial charge in [0.1, 0.15) is 11.0 Å². The van der Waals surface area contributed by atoms with E-state index in [4.69, 9.17) is 45.9 Å². The fourth-order valence-corrected chi connectivity index (χ4v) is 3.66. The third-order valence-electron chi connectivity index (χ3n) is 4.38. The van der Waals surface area contributed by atoms with Crippen LogP contribution < -0.4 is 11.1 Å². The van der Waals surface area contributed by atoms with Gasteiger partial charge < -0.3 is 11.1 Å². The summed E-state index contributed by atoms with van der Waals surface area (Å²) in [7, 11) is 0. The first-order valence-corrected chi connectivity index (χ1v) is 9.78. The Morgan fingerprint density at radius 3 is 2.34 bits per heavy atom. The van der Waals surface area contributed by atoms with Crippen molar-refractivity contribution in [3.05, 3.63) is 85.6 Å². The molecule has 0 spiro atoms. The predicted molar refractivity (Wildman–Crippen MR) is 116 cm³/mol. The van der Waals surface area contributed by atoms with Crippen LogP contribution in [-0.2, 0) is 13.1 Å². The summed E-state index contributed by atoms with van der Waals surface area (Å²) in [6.07, 6.45) is 0. The summed E-state index contributed by atoms with van der Waals surface area (Å²) in [4.78, 5) is 12.7. The number of carbonyl (C=O) groups is 1. The first kappa shape index (κ1) is 21.2. The van der Waals surface area contributed by atoms with E-state index in [2.05, 4.69) is 10.4 Å². The van der Waals surface area contributed by atoms with Crippen molar-refractivity contribution in [3.8, 4) is 0 Å². The Morgan fingerprint density at radius 1 is 1.14 bits per heavy atom. The summed E-state index contributed by atoms with van der Waals surface area (Å²) in [6, 6.07) is 12.3. The van der Waals surface area contributed by atoms with Crippen LogP contribution >= 0.6 is 34.8 Å². The molecule has 0 unspecified atom stereocenters. The van der Waals surface area contributed by atoms with Crippen LogP contribution in [0.1, 0.15) is 32.7 Å². The lowest BCUT2D eigenvalue weighted by Gasteiger charge is -2.09. The summed E-state index contributed by atoms with van der Waals surface area (Å²) in [5, 5.41) is 15.8. The normalized spacial score (nSPS) is 10.8. The number of nitrogen functional groups attached to an aromatic ring is 1. The maximum Gasteiger partial charge on any atom is 0.256 e. The van der Waals surface area contributed by atoms with Crippen molar-refractivity contribution in [1.82, 2.24) is 15.1 Å². The summed E-state index contributed by atoms with van der Waals surface area (Å²) in [6.45, 7) is 2.26. The van der Waals surface area contributed by atoms with Crippen molar-refractivity contribution in [1.29, 1.82) is 5.41 Å². The molecule has 1 amide bonds. The number of benzene rings is 2. The lowest BCUT2D eigenvalue weighted by Crippen LogP contribution is -2.23. The molecule has 0 radical (unpaired) electrons. The van der Waals surface area contributed by atoms with Gasteiger partial charge in [0.15, 0.2) is 0 Å². The van der Waals surface area contributed by atoms with Crippen LogP contribution in [0.5, 0.6) is 0 Å². The molecule has 3 rings (SSSR count). The number of carbonyl (C=O) groups excluding carboxylic acids is 1. The van der Waals surface area contributed by atoms with E-state index in [1.165, 1.54) is 4.68 Å². The average Bonchev–Trinajstić information content (AvgIpc) is 2.96. The van der Waals surface area contributed by atoms with Crippen molar-refractivity contribution >= 4 is 46.5 Å². The lowest BCUT2D eigenvalue weighted by atomic mass is 10.1. The summed E-state index contributed by atoms with van der Waals surface area (Å²) < 4.78 is 1.50. The van der Waals surface area contributed by atoms with Gasteiger partial charge in [-0.15, -0.1) is 0 Å². The second-order valence-corrected chi connectivity index (χ2v) is 7.57. The van der Waals surface area contributed by atoms with Crippen LogP contribution in [0.2, 0.25) is 15.2 Å². The quantitative estimate of drug-likeness (QED) is 0.383. The number of nitrogens with two attached hydrogens (primary N) is 1. The summed E-state index contributed by atoms with van der Waals surface area (Å²) in [5.74, 6) is -0.339. The van der Waals surface area contributed by atoms with E-state index < -0.39 is 0 Å². The van der Waals surface area contributed by atoms with Gasteiger partial charge in [-0.3, -0.25) is 10.2 Å². The highest BCUT2D eigenvalue weighted by Crippen LogP contribution is 2.28. The molecule has 6 nitrogen and oxygen atoms in total. The highest BCUT2D eigenvalue weighted by molar-refractivity contribution is 6.36. The maximum absolute atomic E-state index is 12.7. The monoisotopic (exact) mass is 449 g/mol. The number of amidine groups is 1. The number of hydrogen-bond acceptors (Lipinski definition) is 3. The minimum absolute atomic E-state index is 0.00553. The van der Waals surface area contributed by atoms with Crippen LogP contribution in [0, 0.1) is 12.3 Å². The van der Waals surface area contributed by atoms with Gasteiger partial charge in [0.25, 0.3) is 5.91 Å². The number of aromatic nitrogens is 2. The van der Waals surface area contributed by atoms with Crippen molar-refractivity contribution in [2.45, 2.75) is 20.0 Å². The molecule has 1 aromatic heterocycles. The molecule has 1 heterocycles. The van der Waals surface area contributed by atoms with Crippen molar-refractivity contribution in [2.24, 2.45) is 5.73 Å². The average molecular weight is 451 g/mol.